The van der Waals surface area contributed by atoms with E-state index in [1.54, 1.807) is 0 Å². The van der Waals surface area contributed by atoms with Crippen LogP contribution in [0.2, 0.25) is 0 Å². The highest BCUT2D eigenvalue weighted by Gasteiger charge is 2.12. The number of oxime groups is 1. The van der Waals surface area contributed by atoms with E-state index in [0.717, 1.165) is 0 Å². The van der Waals surface area contributed by atoms with E-state index in [9.17, 15) is 14.4 Å². The number of Topliss-reactive ketones (excluding diaryl/α,β-unsaturated/α-hetero) is 1. The van der Waals surface area contributed by atoms with Gasteiger partial charge in [0.1, 0.15) is 5.75 Å². The van der Waals surface area contributed by atoms with E-state index in [-0.39, 0.29) is 24.3 Å². The van der Waals surface area contributed by atoms with Gasteiger partial charge in [-0.25, -0.2) is 0 Å². The lowest BCUT2D eigenvalue weighted by Gasteiger charge is -2.00. The van der Waals surface area contributed by atoms with Gasteiger partial charge < -0.3 is 9.57 Å². The Kier molecular flexibility index (Phi) is 4.83. The average Bonchev–Trinajstić information content (AvgIpc) is 2.36. The SMILES string of the molecule is O=CON=C(Cl)C(=O)c1ccc(OC=O)cc1. The normalized spacial score (nSPS) is 10.5. The highest BCUT2D eigenvalue weighted by Crippen LogP contribution is 2.13. The maximum absolute atomic E-state index is 11.6. The van der Waals surface area contributed by atoms with Crippen LogP contribution >= 0.6 is 11.6 Å². The predicted octanol–water partition coefficient (Wildman–Crippen LogP) is 1.13. The maximum Gasteiger partial charge on any atom is 0.323 e. The quantitative estimate of drug-likeness (QED) is 0.250. The maximum atomic E-state index is 11.6. The van der Waals surface area contributed by atoms with Crippen LogP contribution in [0.25, 0.3) is 0 Å². The zero-order chi connectivity index (χ0) is 12.7. The van der Waals surface area contributed by atoms with Crippen molar-refractivity contribution in [2.75, 3.05) is 0 Å². The van der Waals surface area contributed by atoms with Crippen LogP contribution in [0.15, 0.2) is 29.4 Å². The Labute approximate surface area is 101 Å². The first-order chi connectivity index (χ1) is 8.19. The van der Waals surface area contributed by atoms with Crippen molar-refractivity contribution < 1.29 is 24.0 Å². The third-order valence-corrected chi connectivity index (χ3v) is 1.90. The molecule has 0 aromatic heterocycles. The minimum absolute atomic E-state index is 0.0384. The van der Waals surface area contributed by atoms with Gasteiger partial charge in [0.2, 0.25) is 11.0 Å². The summed E-state index contributed by atoms with van der Waals surface area (Å²) in [5.74, 6) is -0.333. The molecule has 17 heavy (non-hydrogen) atoms. The van der Waals surface area contributed by atoms with Crippen LogP contribution in [0.1, 0.15) is 10.4 Å². The first kappa shape index (κ1) is 12.9. The van der Waals surface area contributed by atoms with Crippen molar-refractivity contribution in [3.63, 3.8) is 0 Å². The summed E-state index contributed by atoms with van der Waals surface area (Å²) >= 11 is 5.47. The number of ether oxygens (including phenoxy) is 1. The fraction of sp³-hybridized carbons (Fsp3) is 0. The molecule has 6 nitrogen and oxygen atoms in total. The topological polar surface area (TPSA) is 82.0 Å². The molecule has 1 aromatic rings. The molecule has 0 heterocycles. The standard InChI is InChI=1S/C10H6ClNO5/c11-10(12-17-6-14)9(15)7-1-3-8(4-2-7)16-5-13/h1-6H. The number of benzene rings is 1. The summed E-state index contributed by atoms with van der Waals surface area (Å²) in [5, 5.41) is 2.57. The lowest BCUT2D eigenvalue weighted by atomic mass is 10.1. The van der Waals surface area contributed by atoms with Gasteiger partial charge in [-0.15, -0.1) is 0 Å². The Morgan fingerprint density at radius 3 is 2.35 bits per heavy atom. The first-order valence-electron chi connectivity index (χ1n) is 4.27. The van der Waals surface area contributed by atoms with E-state index in [1.165, 1.54) is 24.3 Å². The summed E-state index contributed by atoms with van der Waals surface area (Å²) in [6.45, 7) is 0.305. The minimum Gasteiger partial charge on any atom is -0.429 e. The second kappa shape index (κ2) is 6.39. The van der Waals surface area contributed by atoms with Gasteiger partial charge >= 0.3 is 6.47 Å². The summed E-state index contributed by atoms with van der Waals surface area (Å²) in [6.07, 6.45) is 0. The Bertz CT molecular complexity index is 454. The molecule has 0 amide bonds. The smallest absolute Gasteiger partial charge is 0.323 e. The van der Waals surface area contributed by atoms with Gasteiger partial charge in [0, 0.05) is 5.56 Å². The van der Waals surface area contributed by atoms with Gasteiger partial charge in [0.25, 0.3) is 6.47 Å². The molecule has 88 valence electrons. The summed E-state index contributed by atoms with van der Waals surface area (Å²) in [4.78, 5) is 35.4. The third kappa shape index (κ3) is 3.69. The molecule has 0 unspecified atom stereocenters. The van der Waals surface area contributed by atoms with Crippen molar-refractivity contribution in [1.29, 1.82) is 0 Å². The Balaban J connectivity index is 2.82. The fourth-order valence-electron chi connectivity index (χ4n) is 0.969. The summed E-state index contributed by atoms with van der Waals surface area (Å²) in [7, 11) is 0. The van der Waals surface area contributed by atoms with E-state index in [4.69, 9.17) is 11.6 Å². The lowest BCUT2D eigenvalue weighted by Crippen LogP contribution is -2.08. The van der Waals surface area contributed by atoms with E-state index in [0.29, 0.717) is 0 Å². The molecule has 0 aliphatic heterocycles. The highest BCUT2D eigenvalue weighted by atomic mass is 35.5. The predicted molar refractivity (Wildman–Crippen MR) is 57.9 cm³/mol. The zero-order valence-electron chi connectivity index (χ0n) is 8.33. The molecule has 0 saturated heterocycles. The third-order valence-electron chi connectivity index (χ3n) is 1.66. The van der Waals surface area contributed by atoms with Crippen LogP contribution in [-0.2, 0) is 14.4 Å². The number of nitrogens with zero attached hydrogens (tertiary/aromatic N) is 1. The number of rotatable bonds is 6. The van der Waals surface area contributed by atoms with Gasteiger partial charge in [-0.3, -0.25) is 14.4 Å². The van der Waals surface area contributed by atoms with Crippen molar-refractivity contribution in [3.05, 3.63) is 29.8 Å². The molecule has 1 rings (SSSR count). The Hall–Kier alpha value is -2.21. The number of hydrogen-bond donors (Lipinski definition) is 0. The molecule has 0 N–H and O–H groups in total. The van der Waals surface area contributed by atoms with Crippen LogP contribution in [0.5, 0.6) is 5.75 Å². The number of carbonyl (C=O) groups excluding carboxylic acids is 3. The second-order valence-corrected chi connectivity index (χ2v) is 3.01. The van der Waals surface area contributed by atoms with Crippen molar-refractivity contribution in [2.45, 2.75) is 0 Å². The Morgan fingerprint density at radius 2 is 1.82 bits per heavy atom. The van der Waals surface area contributed by atoms with E-state index >= 15 is 0 Å². The van der Waals surface area contributed by atoms with Crippen LogP contribution < -0.4 is 4.74 Å². The monoisotopic (exact) mass is 255 g/mol. The minimum atomic E-state index is -0.619. The number of hydrogen-bond acceptors (Lipinski definition) is 6. The molecule has 0 spiro atoms. The van der Waals surface area contributed by atoms with Gasteiger partial charge in [0.05, 0.1) is 0 Å². The van der Waals surface area contributed by atoms with Gasteiger partial charge in [0.15, 0.2) is 0 Å². The lowest BCUT2D eigenvalue weighted by molar-refractivity contribution is -0.128. The molecule has 0 aliphatic carbocycles. The van der Waals surface area contributed by atoms with Crippen LogP contribution in [0.3, 0.4) is 0 Å². The summed E-state index contributed by atoms with van der Waals surface area (Å²) < 4.78 is 4.54. The molecular weight excluding hydrogens is 250 g/mol. The van der Waals surface area contributed by atoms with Crippen LogP contribution in [-0.4, -0.2) is 23.9 Å². The Morgan fingerprint density at radius 1 is 1.18 bits per heavy atom. The second-order valence-electron chi connectivity index (χ2n) is 2.65. The van der Waals surface area contributed by atoms with E-state index in [2.05, 4.69) is 14.7 Å². The van der Waals surface area contributed by atoms with E-state index < -0.39 is 11.0 Å². The molecule has 0 radical (unpaired) electrons. The van der Waals surface area contributed by atoms with Crippen molar-refractivity contribution >= 4 is 35.5 Å². The van der Waals surface area contributed by atoms with Crippen LogP contribution in [0.4, 0.5) is 0 Å². The number of carbonyl (C=O) groups is 3. The molecule has 7 heteroatoms. The summed E-state index contributed by atoms with van der Waals surface area (Å²) in [6, 6.07) is 5.60. The zero-order valence-corrected chi connectivity index (χ0v) is 9.09. The van der Waals surface area contributed by atoms with Crippen molar-refractivity contribution in [1.82, 2.24) is 0 Å². The fourth-order valence-corrected chi connectivity index (χ4v) is 1.12. The molecule has 0 aliphatic rings. The molecule has 0 fully saturated rings. The molecule has 0 saturated carbocycles. The van der Waals surface area contributed by atoms with Gasteiger partial charge in [-0.1, -0.05) is 16.8 Å². The van der Waals surface area contributed by atoms with Gasteiger partial charge in [-0.05, 0) is 24.3 Å². The van der Waals surface area contributed by atoms with Crippen molar-refractivity contribution in [3.8, 4) is 5.75 Å². The molecule has 0 atom stereocenters. The van der Waals surface area contributed by atoms with Crippen molar-refractivity contribution in [2.24, 2.45) is 5.16 Å². The largest absolute Gasteiger partial charge is 0.429 e. The van der Waals surface area contributed by atoms with Crippen LogP contribution in [0, 0.1) is 0 Å². The molecular formula is C10H6ClNO5. The van der Waals surface area contributed by atoms with Gasteiger partial charge in [-0.2, -0.15) is 0 Å². The average molecular weight is 256 g/mol. The number of halogens is 1. The number of ketones is 1. The van der Waals surface area contributed by atoms with E-state index in [1.807, 2.05) is 0 Å². The molecule has 0 bridgehead atoms. The highest BCUT2D eigenvalue weighted by molar-refractivity contribution is 6.84. The first-order valence-corrected chi connectivity index (χ1v) is 4.65. The summed E-state index contributed by atoms with van der Waals surface area (Å²) in [5.41, 5.74) is 0.214. The molecule has 1 aromatic carbocycles.